The van der Waals surface area contributed by atoms with Gasteiger partial charge in [-0.1, -0.05) is 13.8 Å². The van der Waals surface area contributed by atoms with Gasteiger partial charge in [-0.25, -0.2) is 0 Å². The van der Waals surface area contributed by atoms with Crippen LogP contribution in [0.4, 0.5) is 0 Å². The zero-order valence-electron chi connectivity index (χ0n) is 5.33. The van der Waals surface area contributed by atoms with Crippen molar-refractivity contribution in [3.63, 3.8) is 0 Å². The van der Waals surface area contributed by atoms with Crippen molar-refractivity contribution in [2.45, 2.75) is 26.7 Å². The molecule has 0 saturated carbocycles. The van der Waals surface area contributed by atoms with Gasteiger partial charge in [-0.3, -0.25) is 0 Å². The Morgan fingerprint density at radius 3 is 1.00 bits per heavy atom. The summed E-state index contributed by atoms with van der Waals surface area (Å²) in [5, 5.41) is 0. The Morgan fingerprint density at radius 2 is 1.00 bits per heavy atom. The summed E-state index contributed by atoms with van der Waals surface area (Å²) in [7, 11) is 0. The van der Waals surface area contributed by atoms with Gasteiger partial charge in [0.05, 0.1) is 0 Å². The summed E-state index contributed by atoms with van der Waals surface area (Å²) in [5.41, 5.74) is 0. The molecule has 0 N–H and O–H groups in total. The Morgan fingerprint density at radius 1 is 1.00 bits per heavy atom. The molecule has 0 unspecified atom stereocenters. The fraction of sp³-hybridized carbons (Fsp3) is 0.667. The SMILES string of the molecule is [CH2-]CC.[CH2-]CC.[Nd]. The largest absolute Gasteiger partial charge is 0.344 e. The summed E-state index contributed by atoms with van der Waals surface area (Å²) < 4.78 is 0. The molecule has 0 heterocycles. The van der Waals surface area contributed by atoms with E-state index in [-0.39, 0.29) is 40.8 Å². The first-order valence-corrected chi connectivity index (χ1v) is 2.41. The molecule has 0 aliphatic heterocycles. The van der Waals surface area contributed by atoms with E-state index in [9.17, 15) is 0 Å². The van der Waals surface area contributed by atoms with Crippen LogP contribution in [0.25, 0.3) is 0 Å². The summed E-state index contributed by atoms with van der Waals surface area (Å²) in [6.07, 6.45) is 2.00. The van der Waals surface area contributed by atoms with Crippen LogP contribution in [0.5, 0.6) is 0 Å². The van der Waals surface area contributed by atoms with Gasteiger partial charge in [0.15, 0.2) is 0 Å². The Bertz CT molecular complexity index is 6.14. The van der Waals surface area contributed by atoms with Crippen LogP contribution < -0.4 is 0 Å². The first-order chi connectivity index (χ1) is 2.83. The van der Waals surface area contributed by atoms with Gasteiger partial charge in [0, 0.05) is 40.8 Å². The average Bonchev–Trinajstić information content (AvgIpc) is 1.39. The second-order valence-electron chi connectivity index (χ2n) is 1.000. The van der Waals surface area contributed by atoms with E-state index in [0.717, 1.165) is 12.8 Å². The van der Waals surface area contributed by atoms with E-state index in [1.54, 1.807) is 0 Å². The van der Waals surface area contributed by atoms with Gasteiger partial charge in [-0.2, -0.15) is 12.8 Å². The van der Waals surface area contributed by atoms with E-state index in [2.05, 4.69) is 13.8 Å². The first-order valence-electron chi connectivity index (χ1n) is 2.41. The molecule has 0 bridgehead atoms. The van der Waals surface area contributed by atoms with Gasteiger partial charge in [0.2, 0.25) is 0 Å². The van der Waals surface area contributed by atoms with Crippen LogP contribution in [0.2, 0.25) is 0 Å². The number of hydrogen-bond donors (Lipinski definition) is 0. The molecule has 0 nitrogen and oxygen atoms in total. The minimum atomic E-state index is 0. The molecule has 0 aromatic carbocycles. The monoisotopic (exact) mass is 228 g/mol. The van der Waals surface area contributed by atoms with Crippen LogP contribution in [-0.4, -0.2) is 0 Å². The van der Waals surface area contributed by atoms with Crippen molar-refractivity contribution in [1.29, 1.82) is 0 Å². The summed E-state index contributed by atoms with van der Waals surface area (Å²) >= 11 is 0. The van der Waals surface area contributed by atoms with Crippen LogP contribution in [0.3, 0.4) is 0 Å². The first kappa shape index (κ1) is 15.8. The Labute approximate surface area is 80.6 Å². The van der Waals surface area contributed by atoms with Crippen LogP contribution in [0.1, 0.15) is 26.7 Å². The van der Waals surface area contributed by atoms with Crippen molar-refractivity contribution in [3.8, 4) is 0 Å². The molecular formula is C6H14Nd-2. The zero-order chi connectivity index (χ0) is 5.41. The Hall–Kier alpha value is 1.35. The maximum Gasteiger partial charge on any atom is 0 e. The molecule has 0 rings (SSSR count). The molecule has 0 amide bonds. The minimum absolute atomic E-state index is 0. The van der Waals surface area contributed by atoms with Crippen molar-refractivity contribution in [2.75, 3.05) is 0 Å². The Kier molecular flexibility index (Phi) is 59.5. The molecule has 1 heteroatoms. The molecule has 0 fully saturated rings. The molecule has 0 aliphatic carbocycles. The molecule has 0 aliphatic rings. The van der Waals surface area contributed by atoms with Gasteiger partial charge >= 0.3 is 0 Å². The molecular weight excluding hydrogens is 216 g/mol. The fourth-order valence-corrected chi connectivity index (χ4v) is 0. The van der Waals surface area contributed by atoms with Gasteiger partial charge in [-0.05, 0) is 0 Å². The van der Waals surface area contributed by atoms with E-state index >= 15 is 0 Å². The van der Waals surface area contributed by atoms with E-state index in [4.69, 9.17) is 0 Å². The fourth-order valence-electron chi connectivity index (χ4n) is 0. The van der Waals surface area contributed by atoms with Gasteiger partial charge in [0.25, 0.3) is 0 Å². The molecule has 0 saturated heterocycles. The maximum absolute atomic E-state index is 3.49. The smallest absolute Gasteiger partial charge is 0 e. The van der Waals surface area contributed by atoms with Gasteiger partial charge < -0.3 is 13.8 Å². The molecule has 0 aromatic heterocycles. The van der Waals surface area contributed by atoms with Crippen molar-refractivity contribution in [1.82, 2.24) is 0 Å². The molecule has 7 heavy (non-hydrogen) atoms. The molecule has 0 atom stereocenters. The predicted octanol–water partition coefficient (Wildman–Crippen LogP) is 2.46. The topological polar surface area (TPSA) is 0 Å². The average molecular weight is 230 g/mol. The van der Waals surface area contributed by atoms with E-state index in [1.165, 1.54) is 0 Å². The third kappa shape index (κ3) is 115. The Balaban J connectivity index is -0.0000000400. The second-order valence-corrected chi connectivity index (χ2v) is 1.000. The van der Waals surface area contributed by atoms with Crippen LogP contribution in [-0.2, 0) is 0 Å². The van der Waals surface area contributed by atoms with Crippen LogP contribution in [0.15, 0.2) is 0 Å². The molecule has 0 spiro atoms. The third-order valence-corrected chi connectivity index (χ3v) is 0. The predicted molar refractivity (Wildman–Crippen MR) is 31.3 cm³/mol. The maximum atomic E-state index is 3.49. The summed E-state index contributed by atoms with van der Waals surface area (Å²) in [5.74, 6) is 0. The van der Waals surface area contributed by atoms with Crippen LogP contribution >= 0.6 is 0 Å². The molecule has 44 valence electrons. The molecule has 0 radical (unpaired) electrons. The van der Waals surface area contributed by atoms with E-state index in [0.29, 0.717) is 0 Å². The third-order valence-electron chi connectivity index (χ3n) is 0. The van der Waals surface area contributed by atoms with Gasteiger partial charge in [0.1, 0.15) is 0 Å². The number of rotatable bonds is 0. The summed E-state index contributed by atoms with van der Waals surface area (Å²) in [6, 6.07) is 0. The van der Waals surface area contributed by atoms with Crippen LogP contribution in [0, 0.1) is 54.7 Å². The standard InChI is InChI=1S/2C3H7.Nd/c2*1-3-2;/h2*1,3H2,2H3;/q2*-1;. The summed E-state index contributed by atoms with van der Waals surface area (Å²) in [6.45, 7) is 11.0. The van der Waals surface area contributed by atoms with Crippen molar-refractivity contribution < 1.29 is 40.8 Å². The minimum Gasteiger partial charge on any atom is -0.344 e. The second kappa shape index (κ2) is 26.4. The van der Waals surface area contributed by atoms with Crippen molar-refractivity contribution in [3.05, 3.63) is 13.8 Å². The number of hydrogen-bond acceptors (Lipinski definition) is 0. The van der Waals surface area contributed by atoms with Crippen molar-refractivity contribution >= 4 is 0 Å². The quantitative estimate of drug-likeness (QED) is 0.561. The van der Waals surface area contributed by atoms with E-state index < -0.39 is 0 Å². The summed E-state index contributed by atoms with van der Waals surface area (Å²) in [4.78, 5) is 0. The zero-order valence-corrected chi connectivity index (χ0v) is 8.54. The van der Waals surface area contributed by atoms with E-state index in [1.807, 2.05) is 13.8 Å². The normalized spacial score (nSPS) is 5.14. The molecule has 0 aromatic rings. The van der Waals surface area contributed by atoms with Gasteiger partial charge in [-0.15, -0.1) is 0 Å². The van der Waals surface area contributed by atoms with Crippen molar-refractivity contribution in [2.24, 2.45) is 0 Å².